The van der Waals surface area contributed by atoms with E-state index in [1.54, 1.807) is 18.8 Å². The molecule has 16 heavy (non-hydrogen) atoms. The molecule has 3 nitrogen and oxygen atoms in total. The molecule has 0 unspecified atom stereocenters. The van der Waals surface area contributed by atoms with Crippen LogP contribution in [-0.4, -0.2) is 16.2 Å². The average molecular weight is 271 g/mol. The molecular formula is C12H9GaO3. The quantitative estimate of drug-likeness (QED) is 0.666. The Kier molecular flexibility index (Phi) is 2.51. The first-order valence-electron chi connectivity index (χ1n) is 5.05. The molecule has 0 bridgehead atoms. The van der Waals surface area contributed by atoms with Gasteiger partial charge in [-0.15, -0.1) is 0 Å². The fraction of sp³-hybridized carbons (Fsp3) is 0. The Bertz CT molecular complexity index is 441. The normalized spacial score (nSPS) is 10.5. The molecule has 78 valence electrons. The van der Waals surface area contributed by atoms with Crippen LogP contribution in [0.25, 0.3) is 0 Å². The summed E-state index contributed by atoms with van der Waals surface area (Å²) in [5, 5.41) is 0. The van der Waals surface area contributed by atoms with Crippen molar-refractivity contribution in [1.29, 1.82) is 0 Å². The zero-order chi connectivity index (χ0) is 10.8. The summed E-state index contributed by atoms with van der Waals surface area (Å²) in [7, 11) is 0. The van der Waals surface area contributed by atoms with Gasteiger partial charge in [-0.25, -0.2) is 0 Å². The first kappa shape index (κ1) is 9.68. The molecule has 3 rings (SSSR count). The summed E-state index contributed by atoms with van der Waals surface area (Å²) in [6, 6.07) is 11.7. The van der Waals surface area contributed by atoms with Gasteiger partial charge in [0.05, 0.1) is 0 Å². The van der Waals surface area contributed by atoms with Gasteiger partial charge in [0.25, 0.3) is 0 Å². The molecule has 4 heteroatoms. The molecule has 0 aromatic carbocycles. The molecule has 0 aliphatic heterocycles. The van der Waals surface area contributed by atoms with Crippen LogP contribution >= 0.6 is 0 Å². The summed E-state index contributed by atoms with van der Waals surface area (Å²) in [5.41, 5.74) is 0. The van der Waals surface area contributed by atoms with Crippen molar-refractivity contribution in [3.05, 3.63) is 55.2 Å². The monoisotopic (exact) mass is 270 g/mol. The van der Waals surface area contributed by atoms with Gasteiger partial charge in [-0.05, 0) is 0 Å². The zero-order valence-electron chi connectivity index (χ0n) is 8.50. The summed E-state index contributed by atoms with van der Waals surface area (Å²) in [6.45, 7) is 0. The van der Waals surface area contributed by atoms with Crippen molar-refractivity contribution < 1.29 is 13.3 Å². The van der Waals surface area contributed by atoms with Crippen molar-refractivity contribution in [1.82, 2.24) is 0 Å². The van der Waals surface area contributed by atoms with Gasteiger partial charge in [-0.1, -0.05) is 0 Å². The second kappa shape index (κ2) is 4.15. The van der Waals surface area contributed by atoms with Crippen molar-refractivity contribution in [3.8, 4) is 0 Å². The molecule has 3 aromatic rings. The minimum atomic E-state index is -2.20. The molecule has 0 aliphatic rings. The van der Waals surface area contributed by atoms with Gasteiger partial charge in [0.1, 0.15) is 0 Å². The van der Waals surface area contributed by atoms with Gasteiger partial charge >= 0.3 is 97.6 Å². The minimum absolute atomic E-state index is 0.998. The Balaban J connectivity index is 2.09. The molecule has 0 fully saturated rings. The van der Waals surface area contributed by atoms with E-state index < -0.39 is 16.2 Å². The summed E-state index contributed by atoms with van der Waals surface area (Å²) in [4.78, 5) is 0. The zero-order valence-corrected chi connectivity index (χ0v) is 10.9. The molecule has 3 heterocycles. The summed E-state index contributed by atoms with van der Waals surface area (Å²) in [6.07, 6.45) is 5.08. The van der Waals surface area contributed by atoms with Gasteiger partial charge in [0.15, 0.2) is 0 Å². The molecule has 0 amide bonds. The van der Waals surface area contributed by atoms with Crippen molar-refractivity contribution in [2.24, 2.45) is 0 Å². The van der Waals surface area contributed by atoms with Crippen LogP contribution in [0.3, 0.4) is 0 Å². The van der Waals surface area contributed by atoms with E-state index in [1.807, 2.05) is 36.4 Å². The van der Waals surface area contributed by atoms with Crippen molar-refractivity contribution in [2.75, 3.05) is 0 Å². The standard InChI is InChI=1S/3C4H3O.Ga/c3*1-2-4-5-3-1;/h3*1-3H;. The van der Waals surface area contributed by atoms with E-state index in [9.17, 15) is 0 Å². The number of furan rings is 3. The third-order valence-corrected chi connectivity index (χ3v) is 8.13. The van der Waals surface area contributed by atoms with E-state index in [1.165, 1.54) is 0 Å². The second-order valence-electron chi connectivity index (χ2n) is 3.48. The van der Waals surface area contributed by atoms with Crippen LogP contribution in [0.15, 0.2) is 68.4 Å². The van der Waals surface area contributed by atoms with E-state index in [4.69, 9.17) is 13.3 Å². The van der Waals surface area contributed by atoms with Crippen molar-refractivity contribution in [2.45, 2.75) is 0 Å². The molecule has 0 saturated heterocycles. The molecule has 0 aliphatic carbocycles. The van der Waals surface area contributed by atoms with E-state index in [2.05, 4.69) is 0 Å². The Hall–Kier alpha value is -1.52. The fourth-order valence-electron chi connectivity index (χ4n) is 1.79. The third kappa shape index (κ3) is 1.66. The van der Waals surface area contributed by atoms with Crippen molar-refractivity contribution in [3.63, 3.8) is 0 Å². The van der Waals surface area contributed by atoms with E-state index in [0.717, 1.165) is 12.9 Å². The molecular weight excluding hydrogens is 262 g/mol. The maximum atomic E-state index is 5.51. The van der Waals surface area contributed by atoms with Gasteiger partial charge in [0, 0.05) is 0 Å². The first-order valence-corrected chi connectivity index (χ1v) is 8.69. The molecule has 0 spiro atoms. The van der Waals surface area contributed by atoms with E-state index >= 15 is 0 Å². The van der Waals surface area contributed by atoms with Crippen LogP contribution in [0.4, 0.5) is 0 Å². The molecule has 0 atom stereocenters. The maximum absolute atomic E-state index is 5.51. The Morgan fingerprint density at radius 1 is 0.625 bits per heavy atom. The predicted octanol–water partition coefficient (Wildman–Crippen LogP) is 0.982. The van der Waals surface area contributed by atoms with Gasteiger partial charge in [-0.3, -0.25) is 0 Å². The number of hydrogen-bond acceptors (Lipinski definition) is 3. The molecule has 0 radical (unpaired) electrons. The van der Waals surface area contributed by atoms with Gasteiger partial charge in [0.2, 0.25) is 0 Å². The third-order valence-electron chi connectivity index (χ3n) is 2.48. The predicted molar refractivity (Wildman–Crippen MR) is 60.8 cm³/mol. The molecule has 0 N–H and O–H groups in total. The SMILES string of the molecule is c1co[c]([Ga]([c]2ccco2)[c]2ccco2)c1. The number of hydrogen-bond donors (Lipinski definition) is 0. The van der Waals surface area contributed by atoms with Gasteiger partial charge < -0.3 is 0 Å². The molecule has 0 saturated carbocycles. The van der Waals surface area contributed by atoms with Crippen LogP contribution in [0.1, 0.15) is 0 Å². The Morgan fingerprint density at radius 3 is 1.25 bits per heavy atom. The van der Waals surface area contributed by atoms with Crippen LogP contribution in [0.5, 0.6) is 0 Å². The summed E-state index contributed by atoms with van der Waals surface area (Å²) in [5.74, 6) is 0. The summed E-state index contributed by atoms with van der Waals surface area (Å²) >= 11 is -2.20. The number of rotatable bonds is 3. The molecule has 3 aromatic heterocycles. The van der Waals surface area contributed by atoms with Gasteiger partial charge in [-0.2, -0.15) is 0 Å². The van der Waals surface area contributed by atoms with Crippen LogP contribution in [0, 0.1) is 0 Å². The van der Waals surface area contributed by atoms with Crippen LogP contribution < -0.4 is 12.9 Å². The summed E-state index contributed by atoms with van der Waals surface area (Å²) < 4.78 is 19.5. The van der Waals surface area contributed by atoms with E-state index in [-0.39, 0.29) is 0 Å². The van der Waals surface area contributed by atoms with Crippen LogP contribution in [0.2, 0.25) is 0 Å². The first-order chi connectivity index (χ1) is 7.95. The topological polar surface area (TPSA) is 39.4 Å². The Labute approximate surface area is 97.7 Å². The fourth-order valence-corrected chi connectivity index (χ4v) is 6.81. The average Bonchev–Trinajstić information content (AvgIpc) is 3.02. The Morgan fingerprint density at radius 2 is 1.00 bits per heavy atom. The van der Waals surface area contributed by atoms with Crippen LogP contribution in [-0.2, 0) is 0 Å². The second-order valence-corrected chi connectivity index (χ2v) is 8.88. The van der Waals surface area contributed by atoms with E-state index in [0.29, 0.717) is 0 Å². The van der Waals surface area contributed by atoms with Crippen molar-refractivity contribution >= 4 is 29.2 Å².